The maximum atomic E-state index is 7.29. The van der Waals surface area contributed by atoms with E-state index < -0.39 is 0 Å². The summed E-state index contributed by atoms with van der Waals surface area (Å²) in [5.41, 5.74) is 0.815. The van der Waals surface area contributed by atoms with Gasteiger partial charge in [0.1, 0.15) is 0 Å². The zero-order chi connectivity index (χ0) is 8.10. The lowest BCUT2D eigenvalue weighted by Crippen LogP contribution is -2.31. The van der Waals surface area contributed by atoms with Crippen LogP contribution in [0.5, 0.6) is 0 Å². The van der Waals surface area contributed by atoms with Crippen LogP contribution in [0.2, 0.25) is 0 Å². The van der Waals surface area contributed by atoms with Gasteiger partial charge in [0.15, 0.2) is 0 Å². The van der Waals surface area contributed by atoms with E-state index in [1.807, 2.05) is 6.92 Å². The summed E-state index contributed by atoms with van der Waals surface area (Å²) in [6.45, 7) is 5.51. The fourth-order valence-electron chi connectivity index (χ4n) is 1.51. The molecule has 0 bridgehead atoms. The molecule has 1 heterocycles. The van der Waals surface area contributed by atoms with E-state index in [1.165, 1.54) is 32.4 Å². The van der Waals surface area contributed by atoms with E-state index in [9.17, 15) is 0 Å². The van der Waals surface area contributed by atoms with Crippen molar-refractivity contribution < 1.29 is 0 Å². The Hall–Kier alpha value is -0.370. The Kier molecular flexibility index (Phi) is 3.57. The maximum Gasteiger partial charge on any atom is 0.00709 e. The van der Waals surface area contributed by atoms with Crippen molar-refractivity contribution in [1.29, 1.82) is 5.41 Å². The summed E-state index contributed by atoms with van der Waals surface area (Å²) in [6, 6.07) is 0. The summed E-state index contributed by atoms with van der Waals surface area (Å²) in [6.07, 6.45) is 5.08. The van der Waals surface area contributed by atoms with E-state index in [4.69, 9.17) is 5.41 Å². The highest BCUT2D eigenvalue weighted by Gasteiger charge is 2.08. The summed E-state index contributed by atoms with van der Waals surface area (Å²) in [5.74, 6) is 0. The van der Waals surface area contributed by atoms with Gasteiger partial charge in [-0.15, -0.1) is 0 Å². The van der Waals surface area contributed by atoms with Crippen LogP contribution in [0.25, 0.3) is 0 Å². The third kappa shape index (κ3) is 3.51. The molecule has 11 heavy (non-hydrogen) atoms. The zero-order valence-electron chi connectivity index (χ0n) is 7.40. The minimum absolute atomic E-state index is 0.815. The molecule has 0 radical (unpaired) electrons. The highest BCUT2D eigenvalue weighted by molar-refractivity contribution is 5.78. The Balaban J connectivity index is 2.09. The van der Waals surface area contributed by atoms with Gasteiger partial charge >= 0.3 is 0 Å². The van der Waals surface area contributed by atoms with Crippen LogP contribution >= 0.6 is 0 Å². The highest BCUT2D eigenvalue weighted by atomic mass is 15.1. The fourth-order valence-corrected chi connectivity index (χ4v) is 1.51. The summed E-state index contributed by atoms with van der Waals surface area (Å²) in [4.78, 5) is 2.47. The summed E-state index contributed by atoms with van der Waals surface area (Å²) < 4.78 is 0. The first-order valence-corrected chi connectivity index (χ1v) is 4.55. The second kappa shape index (κ2) is 4.50. The number of rotatable bonds is 3. The zero-order valence-corrected chi connectivity index (χ0v) is 7.40. The van der Waals surface area contributed by atoms with Gasteiger partial charge in [-0.25, -0.2) is 0 Å². The van der Waals surface area contributed by atoms with Crippen molar-refractivity contribution in [1.82, 2.24) is 4.90 Å². The second-order valence-corrected chi connectivity index (χ2v) is 3.43. The van der Waals surface area contributed by atoms with Crippen LogP contribution in [0.1, 0.15) is 32.6 Å². The van der Waals surface area contributed by atoms with Gasteiger partial charge in [-0.3, -0.25) is 0 Å². The van der Waals surface area contributed by atoms with Gasteiger partial charge in [-0.2, -0.15) is 0 Å². The largest absolute Gasteiger partial charge is 0.310 e. The van der Waals surface area contributed by atoms with Crippen LogP contribution in [0, 0.1) is 5.41 Å². The molecule has 1 aliphatic heterocycles. The standard InChI is InChI=1S/C9H18N2/c1-9(10)5-8-11-6-3-2-4-7-11/h10H,2-8H2,1H3. The van der Waals surface area contributed by atoms with E-state index in [1.54, 1.807) is 0 Å². The molecule has 64 valence electrons. The summed E-state index contributed by atoms with van der Waals surface area (Å²) >= 11 is 0. The third-order valence-electron chi connectivity index (χ3n) is 2.25. The molecule has 2 heteroatoms. The maximum absolute atomic E-state index is 7.29. The number of hydrogen-bond donors (Lipinski definition) is 1. The molecule has 1 saturated heterocycles. The van der Waals surface area contributed by atoms with Crippen molar-refractivity contribution >= 4 is 5.71 Å². The SMILES string of the molecule is CC(=N)CCN1CCCCC1. The molecule has 1 fully saturated rings. The molecular formula is C9H18N2. The molecule has 0 amide bonds. The Morgan fingerprint density at radius 3 is 2.45 bits per heavy atom. The molecule has 0 aromatic heterocycles. The smallest absolute Gasteiger partial charge is 0.00709 e. The predicted molar refractivity (Wildman–Crippen MR) is 48.3 cm³/mol. The van der Waals surface area contributed by atoms with Gasteiger partial charge in [0.05, 0.1) is 0 Å². The number of nitrogens with one attached hydrogen (secondary N) is 1. The number of hydrogen-bond acceptors (Lipinski definition) is 2. The van der Waals surface area contributed by atoms with Crippen molar-refractivity contribution in [2.45, 2.75) is 32.6 Å². The van der Waals surface area contributed by atoms with Crippen molar-refractivity contribution in [3.8, 4) is 0 Å². The van der Waals surface area contributed by atoms with Gasteiger partial charge in [-0.05, 0) is 39.3 Å². The molecule has 0 aliphatic carbocycles. The molecule has 0 spiro atoms. The first-order chi connectivity index (χ1) is 5.29. The van der Waals surface area contributed by atoms with Gasteiger partial charge in [0.25, 0.3) is 0 Å². The molecule has 2 nitrogen and oxygen atoms in total. The van der Waals surface area contributed by atoms with Crippen molar-refractivity contribution in [2.75, 3.05) is 19.6 Å². The Morgan fingerprint density at radius 2 is 1.91 bits per heavy atom. The van der Waals surface area contributed by atoms with Crippen LogP contribution in [-0.4, -0.2) is 30.2 Å². The average Bonchev–Trinajstić information content (AvgIpc) is 2.03. The van der Waals surface area contributed by atoms with E-state index in [0.717, 1.165) is 18.7 Å². The van der Waals surface area contributed by atoms with Gasteiger partial charge in [-0.1, -0.05) is 6.42 Å². The van der Waals surface area contributed by atoms with Crippen molar-refractivity contribution in [3.63, 3.8) is 0 Å². The lowest BCUT2D eigenvalue weighted by molar-refractivity contribution is 0.235. The quantitative estimate of drug-likeness (QED) is 0.618. The van der Waals surface area contributed by atoms with Crippen LogP contribution in [0.4, 0.5) is 0 Å². The average molecular weight is 154 g/mol. The lowest BCUT2D eigenvalue weighted by atomic mass is 10.1. The van der Waals surface area contributed by atoms with Crippen LogP contribution in [-0.2, 0) is 0 Å². The molecule has 0 saturated carbocycles. The van der Waals surface area contributed by atoms with E-state index >= 15 is 0 Å². The third-order valence-corrected chi connectivity index (χ3v) is 2.25. The van der Waals surface area contributed by atoms with Crippen LogP contribution < -0.4 is 0 Å². The van der Waals surface area contributed by atoms with Crippen LogP contribution in [0.15, 0.2) is 0 Å². The molecule has 1 aliphatic rings. The molecule has 1 rings (SSSR count). The van der Waals surface area contributed by atoms with E-state index in [0.29, 0.717) is 0 Å². The summed E-state index contributed by atoms with van der Waals surface area (Å²) in [5, 5.41) is 7.29. The molecule has 0 unspecified atom stereocenters. The second-order valence-electron chi connectivity index (χ2n) is 3.43. The minimum atomic E-state index is 0.815. The van der Waals surface area contributed by atoms with Crippen LogP contribution in [0.3, 0.4) is 0 Å². The highest BCUT2D eigenvalue weighted by Crippen LogP contribution is 2.08. The number of likely N-dealkylation sites (tertiary alicyclic amines) is 1. The Bertz CT molecular complexity index is 126. The normalized spacial score (nSPS) is 20.1. The van der Waals surface area contributed by atoms with E-state index in [-0.39, 0.29) is 0 Å². The fraction of sp³-hybridized carbons (Fsp3) is 0.889. The van der Waals surface area contributed by atoms with Crippen molar-refractivity contribution in [2.24, 2.45) is 0 Å². The van der Waals surface area contributed by atoms with E-state index in [2.05, 4.69) is 4.90 Å². The first kappa shape index (κ1) is 8.72. The lowest BCUT2D eigenvalue weighted by Gasteiger charge is -2.25. The topological polar surface area (TPSA) is 27.1 Å². The number of nitrogens with zero attached hydrogens (tertiary/aromatic N) is 1. The number of piperidine rings is 1. The van der Waals surface area contributed by atoms with Gasteiger partial charge in [0.2, 0.25) is 0 Å². The van der Waals surface area contributed by atoms with Crippen molar-refractivity contribution in [3.05, 3.63) is 0 Å². The Morgan fingerprint density at radius 1 is 1.27 bits per heavy atom. The molecule has 0 aromatic rings. The minimum Gasteiger partial charge on any atom is -0.310 e. The van der Waals surface area contributed by atoms with Gasteiger partial charge in [0, 0.05) is 12.3 Å². The molecule has 0 aromatic carbocycles. The Labute approximate surface area is 69.1 Å². The monoisotopic (exact) mass is 154 g/mol. The molecular weight excluding hydrogens is 136 g/mol. The molecule has 0 atom stereocenters. The molecule has 1 N–H and O–H groups in total. The first-order valence-electron chi connectivity index (χ1n) is 4.55. The summed E-state index contributed by atoms with van der Waals surface area (Å²) in [7, 11) is 0. The van der Waals surface area contributed by atoms with Gasteiger partial charge < -0.3 is 10.3 Å². The predicted octanol–water partition coefficient (Wildman–Crippen LogP) is 1.90.